The number of carbonyl (C=O) groups is 1. The van der Waals surface area contributed by atoms with Gasteiger partial charge in [-0.25, -0.2) is 9.37 Å². The van der Waals surface area contributed by atoms with Gasteiger partial charge in [0.25, 0.3) is 5.91 Å². The van der Waals surface area contributed by atoms with Crippen molar-refractivity contribution in [1.82, 2.24) is 9.97 Å². The zero-order chi connectivity index (χ0) is 17.4. The number of amides is 1. The molecule has 4 rings (SSSR count). The monoisotopic (exact) mass is 353 g/mol. The first-order valence-electron chi connectivity index (χ1n) is 8.11. The third kappa shape index (κ3) is 2.93. The molecular formula is C19H16FN3OS. The van der Waals surface area contributed by atoms with Crippen LogP contribution in [0.15, 0.2) is 41.9 Å². The topological polar surface area (TPSA) is 46.1 Å². The van der Waals surface area contributed by atoms with Crippen LogP contribution in [0.25, 0.3) is 10.7 Å². The van der Waals surface area contributed by atoms with Gasteiger partial charge in [0.15, 0.2) is 0 Å². The third-order valence-electron chi connectivity index (χ3n) is 4.29. The van der Waals surface area contributed by atoms with Crippen molar-refractivity contribution in [3.05, 3.63) is 64.5 Å². The second-order valence-electron chi connectivity index (χ2n) is 6.04. The summed E-state index contributed by atoms with van der Waals surface area (Å²) in [5, 5.41) is 2.48. The molecule has 0 saturated carbocycles. The van der Waals surface area contributed by atoms with Crippen molar-refractivity contribution >= 4 is 22.9 Å². The molecule has 0 radical (unpaired) electrons. The summed E-state index contributed by atoms with van der Waals surface area (Å²) >= 11 is 1.40. The van der Waals surface area contributed by atoms with Crippen molar-refractivity contribution in [2.75, 3.05) is 11.4 Å². The smallest absolute Gasteiger partial charge is 0.277 e. The van der Waals surface area contributed by atoms with E-state index in [1.165, 1.54) is 23.5 Å². The number of pyridine rings is 1. The summed E-state index contributed by atoms with van der Waals surface area (Å²) in [6.07, 6.45) is 3.31. The first kappa shape index (κ1) is 15.9. The van der Waals surface area contributed by atoms with Crippen LogP contribution in [0.5, 0.6) is 0 Å². The van der Waals surface area contributed by atoms with Gasteiger partial charge in [0.2, 0.25) is 0 Å². The van der Waals surface area contributed by atoms with Crippen LogP contribution in [0.1, 0.15) is 28.0 Å². The van der Waals surface area contributed by atoms with Gasteiger partial charge in [0, 0.05) is 18.1 Å². The van der Waals surface area contributed by atoms with Gasteiger partial charge >= 0.3 is 0 Å². The zero-order valence-corrected chi connectivity index (χ0v) is 14.5. The lowest BCUT2D eigenvalue weighted by Crippen LogP contribution is -2.36. The summed E-state index contributed by atoms with van der Waals surface area (Å²) in [6.45, 7) is 2.46. The molecular weight excluding hydrogens is 337 g/mol. The number of thiazole rings is 1. The number of anilines is 1. The van der Waals surface area contributed by atoms with Crippen molar-refractivity contribution in [3.8, 4) is 10.7 Å². The summed E-state index contributed by atoms with van der Waals surface area (Å²) in [6, 6.07) is 8.61. The number of carbonyl (C=O) groups excluding carboxylic acids is 1. The maximum absolute atomic E-state index is 13.7. The third-order valence-corrected chi connectivity index (χ3v) is 5.16. The normalized spacial score (nSPS) is 13.6. The molecule has 6 heteroatoms. The molecule has 1 aliphatic heterocycles. The Labute approximate surface area is 149 Å². The van der Waals surface area contributed by atoms with Crippen molar-refractivity contribution in [3.63, 3.8) is 0 Å². The number of aryl methyl sites for hydroxylation is 2. The molecule has 0 fully saturated rings. The van der Waals surface area contributed by atoms with Crippen LogP contribution in [-0.4, -0.2) is 22.4 Å². The molecule has 2 aromatic heterocycles. The molecule has 0 bridgehead atoms. The van der Waals surface area contributed by atoms with Gasteiger partial charge in [0.1, 0.15) is 16.5 Å². The Balaban J connectivity index is 1.69. The quantitative estimate of drug-likeness (QED) is 0.692. The summed E-state index contributed by atoms with van der Waals surface area (Å²) in [4.78, 5) is 23.5. The first-order chi connectivity index (χ1) is 12.1. The Morgan fingerprint density at radius 2 is 2.20 bits per heavy atom. The number of halogens is 1. The average molecular weight is 353 g/mol. The molecule has 25 heavy (non-hydrogen) atoms. The molecule has 1 aromatic carbocycles. The standard InChI is InChI=1S/C19H16FN3OS/c1-12-9-14(20)10-13-5-4-8-23(17(12)13)19(24)16-11-25-18(22-16)15-6-2-3-7-21-15/h2-3,6-7,9-11H,4-5,8H2,1H3. The highest BCUT2D eigenvalue weighted by Crippen LogP contribution is 2.33. The average Bonchev–Trinajstić information content (AvgIpc) is 3.11. The van der Waals surface area contributed by atoms with Crippen molar-refractivity contribution in [1.29, 1.82) is 0 Å². The van der Waals surface area contributed by atoms with E-state index in [-0.39, 0.29) is 11.7 Å². The minimum absolute atomic E-state index is 0.144. The fourth-order valence-electron chi connectivity index (χ4n) is 3.24. The van der Waals surface area contributed by atoms with Gasteiger partial charge in [-0.05, 0) is 55.2 Å². The van der Waals surface area contributed by atoms with Crippen LogP contribution in [0, 0.1) is 12.7 Å². The van der Waals surface area contributed by atoms with E-state index in [0.717, 1.165) is 40.4 Å². The zero-order valence-electron chi connectivity index (χ0n) is 13.7. The van der Waals surface area contributed by atoms with Crippen LogP contribution in [0.3, 0.4) is 0 Å². The molecule has 3 heterocycles. The Morgan fingerprint density at radius 1 is 1.32 bits per heavy atom. The molecule has 3 aromatic rings. The SMILES string of the molecule is Cc1cc(F)cc2c1N(C(=O)c1csc(-c3ccccn3)n1)CCC2. The predicted molar refractivity (Wildman–Crippen MR) is 96.5 cm³/mol. The second-order valence-corrected chi connectivity index (χ2v) is 6.90. The van der Waals surface area contributed by atoms with Crippen LogP contribution < -0.4 is 4.90 Å². The Morgan fingerprint density at radius 3 is 3.00 bits per heavy atom. The highest BCUT2D eigenvalue weighted by molar-refractivity contribution is 7.13. The minimum atomic E-state index is -0.253. The molecule has 126 valence electrons. The molecule has 1 aliphatic rings. The van der Waals surface area contributed by atoms with Crippen LogP contribution in [-0.2, 0) is 6.42 Å². The van der Waals surface area contributed by atoms with Crippen LogP contribution in [0.4, 0.5) is 10.1 Å². The molecule has 0 atom stereocenters. The van der Waals surface area contributed by atoms with Gasteiger partial charge in [-0.15, -0.1) is 11.3 Å². The van der Waals surface area contributed by atoms with Gasteiger partial charge < -0.3 is 4.90 Å². The Hall–Kier alpha value is -2.60. The van der Waals surface area contributed by atoms with E-state index >= 15 is 0 Å². The fraction of sp³-hybridized carbons (Fsp3) is 0.211. The van der Waals surface area contributed by atoms with Gasteiger partial charge in [-0.3, -0.25) is 9.78 Å². The maximum atomic E-state index is 13.7. The van der Waals surface area contributed by atoms with E-state index in [1.54, 1.807) is 16.5 Å². The molecule has 4 nitrogen and oxygen atoms in total. The van der Waals surface area contributed by atoms with E-state index in [2.05, 4.69) is 9.97 Å². The second kappa shape index (κ2) is 6.37. The largest absolute Gasteiger partial charge is 0.306 e. The van der Waals surface area contributed by atoms with Crippen molar-refractivity contribution in [2.45, 2.75) is 19.8 Å². The summed E-state index contributed by atoms with van der Waals surface area (Å²) < 4.78 is 13.7. The maximum Gasteiger partial charge on any atom is 0.277 e. The molecule has 0 unspecified atom stereocenters. The minimum Gasteiger partial charge on any atom is -0.306 e. The lowest BCUT2D eigenvalue weighted by atomic mass is 9.97. The van der Waals surface area contributed by atoms with Crippen LogP contribution >= 0.6 is 11.3 Å². The number of hydrogen-bond acceptors (Lipinski definition) is 4. The molecule has 0 saturated heterocycles. The summed E-state index contributed by atoms with van der Waals surface area (Å²) in [7, 11) is 0. The Bertz CT molecular complexity index is 939. The van der Waals surface area contributed by atoms with Gasteiger partial charge in [0.05, 0.1) is 11.4 Å². The first-order valence-corrected chi connectivity index (χ1v) is 8.99. The van der Waals surface area contributed by atoms with Crippen LogP contribution in [0.2, 0.25) is 0 Å². The molecule has 1 amide bonds. The number of hydrogen-bond donors (Lipinski definition) is 0. The van der Waals surface area contributed by atoms with Crippen molar-refractivity contribution in [2.24, 2.45) is 0 Å². The molecule has 0 aliphatic carbocycles. The molecule has 0 spiro atoms. The summed E-state index contributed by atoms with van der Waals surface area (Å²) in [5.41, 5.74) is 3.65. The highest BCUT2D eigenvalue weighted by Gasteiger charge is 2.27. The van der Waals surface area contributed by atoms with Crippen molar-refractivity contribution < 1.29 is 9.18 Å². The van der Waals surface area contributed by atoms with E-state index in [4.69, 9.17) is 0 Å². The van der Waals surface area contributed by atoms with E-state index in [1.807, 2.05) is 25.1 Å². The number of rotatable bonds is 2. The lowest BCUT2D eigenvalue weighted by Gasteiger charge is -2.30. The van der Waals surface area contributed by atoms with Gasteiger partial charge in [-0.2, -0.15) is 0 Å². The van der Waals surface area contributed by atoms with E-state index in [0.29, 0.717) is 12.2 Å². The number of nitrogens with zero attached hydrogens (tertiary/aromatic N) is 3. The Kier molecular flexibility index (Phi) is 4.05. The number of benzene rings is 1. The fourth-order valence-corrected chi connectivity index (χ4v) is 4.01. The highest BCUT2D eigenvalue weighted by atomic mass is 32.1. The van der Waals surface area contributed by atoms with E-state index in [9.17, 15) is 9.18 Å². The van der Waals surface area contributed by atoms with E-state index < -0.39 is 0 Å². The molecule has 0 N–H and O–H groups in total. The number of fused-ring (bicyclic) bond motifs is 1. The van der Waals surface area contributed by atoms with Gasteiger partial charge in [-0.1, -0.05) is 6.07 Å². The predicted octanol–water partition coefficient (Wildman–Crippen LogP) is 4.25. The lowest BCUT2D eigenvalue weighted by molar-refractivity contribution is 0.0981. The number of aromatic nitrogens is 2. The summed E-state index contributed by atoms with van der Waals surface area (Å²) in [5.74, 6) is -0.397.